The highest BCUT2D eigenvalue weighted by Crippen LogP contribution is 2.26. The van der Waals surface area contributed by atoms with Crippen LogP contribution in [0.2, 0.25) is 0 Å². The van der Waals surface area contributed by atoms with Crippen molar-refractivity contribution in [3.63, 3.8) is 0 Å². The van der Waals surface area contributed by atoms with Crippen LogP contribution in [0.1, 0.15) is 10.4 Å². The van der Waals surface area contributed by atoms with Gasteiger partial charge in [0.1, 0.15) is 5.82 Å². The number of hydrogen-bond donors (Lipinski definition) is 2. The van der Waals surface area contributed by atoms with Crippen LogP contribution in [0.15, 0.2) is 42.7 Å². The predicted molar refractivity (Wildman–Crippen MR) is 91.2 cm³/mol. The molecule has 1 aromatic carbocycles. The van der Waals surface area contributed by atoms with E-state index < -0.39 is 11.8 Å². The van der Waals surface area contributed by atoms with E-state index >= 15 is 0 Å². The number of aryl methyl sites for hydroxylation is 1. The molecule has 0 bridgehead atoms. The van der Waals surface area contributed by atoms with E-state index in [2.05, 4.69) is 15.6 Å². The molecule has 0 aliphatic heterocycles. The Kier molecular flexibility index (Phi) is 4.52. The minimum atomic E-state index is -0.752. The van der Waals surface area contributed by atoms with Gasteiger partial charge in [0.2, 0.25) is 0 Å². The molecule has 24 heavy (non-hydrogen) atoms. The average Bonchev–Trinajstić information content (AvgIpc) is 2.96. The number of hydrogen-bond acceptors (Lipinski definition) is 4. The number of nitrogens with zero attached hydrogens (tertiary/aromatic N) is 1. The smallest absolute Gasteiger partial charge is 0.313 e. The number of pyridine rings is 1. The fourth-order valence-corrected chi connectivity index (χ4v) is 3.16. The summed E-state index contributed by atoms with van der Waals surface area (Å²) in [5, 5.41) is 5.86. The molecular formula is C17H14FN3O2S. The number of benzene rings is 1. The number of carbonyl (C=O) groups excluding carboxylic acids is 2. The third-order valence-electron chi connectivity index (χ3n) is 3.45. The van der Waals surface area contributed by atoms with E-state index in [0.717, 1.165) is 20.5 Å². The van der Waals surface area contributed by atoms with Gasteiger partial charge in [0, 0.05) is 15.8 Å². The number of fused-ring (bicyclic) bond motifs is 1. The van der Waals surface area contributed by atoms with Crippen LogP contribution in [0.5, 0.6) is 0 Å². The number of nitrogens with one attached hydrogen (secondary N) is 2. The largest absolute Gasteiger partial charge is 0.343 e. The summed E-state index contributed by atoms with van der Waals surface area (Å²) >= 11 is 1.44. The van der Waals surface area contributed by atoms with Crippen LogP contribution < -0.4 is 10.6 Å². The Morgan fingerprint density at radius 2 is 2.04 bits per heavy atom. The Labute approximate surface area is 141 Å². The lowest BCUT2D eigenvalue weighted by Gasteiger charge is -2.07. The highest BCUT2D eigenvalue weighted by molar-refractivity contribution is 7.19. The monoisotopic (exact) mass is 343 g/mol. The zero-order valence-corrected chi connectivity index (χ0v) is 13.6. The molecular weight excluding hydrogens is 329 g/mol. The van der Waals surface area contributed by atoms with Gasteiger partial charge in [-0.2, -0.15) is 0 Å². The molecule has 0 fully saturated rings. The average molecular weight is 343 g/mol. The number of aromatic nitrogens is 1. The van der Waals surface area contributed by atoms with Crippen molar-refractivity contribution in [2.45, 2.75) is 13.5 Å². The summed E-state index contributed by atoms with van der Waals surface area (Å²) in [7, 11) is 0. The quantitative estimate of drug-likeness (QED) is 0.718. The van der Waals surface area contributed by atoms with Gasteiger partial charge in [0.05, 0.1) is 18.4 Å². The molecule has 3 aromatic rings. The van der Waals surface area contributed by atoms with Crippen LogP contribution >= 0.6 is 11.3 Å². The topological polar surface area (TPSA) is 71.1 Å². The standard InChI is InChI=1S/C17H14FN3O2S/c1-10-4-5-19-9-14(10)21-17(23)16(22)20-8-13-7-11-6-12(18)2-3-15(11)24-13/h2-7,9H,8H2,1H3,(H,20,22)(H,21,23). The van der Waals surface area contributed by atoms with Gasteiger partial charge < -0.3 is 10.6 Å². The maximum atomic E-state index is 13.2. The van der Waals surface area contributed by atoms with Gasteiger partial charge in [-0.05, 0) is 48.2 Å². The normalized spacial score (nSPS) is 10.6. The number of halogens is 1. The Hall–Kier alpha value is -2.80. The lowest BCUT2D eigenvalue weighted by atomic mass is 10.2. The number of thiophene rings is 1. The molecule has 122 valence electrons. The van der Waals surface area contributed by atoms with Crippen molar-refractivity contribution in [1.82, 2.24) is 10.3 Å². The minimum absolute atomic E-state index is 0.208. The molecule has 2 amide bonds. The molecule has 0 atom stereocenters. The van der Waals surface area contributed by atoms with Gasteiger partial charge in [-0.1, -0.05) is 0 Å². The van der Waals surface area contributed by atoms with Gasteiger partial charge in [0.25, 0.3) is 0 Å². The summed E-state index contributed by atoms with van der Waals surface area (Å²) in [5.41, 5.74) is 1.31. The fraction of sp³-hybridized carbons (Fsp3) is 0.118. The van der Waals surface area contributed by atoms with Crippen LogP contribution in [0.3, 0.4) is 0 Å². The maximum Gasteiger partial charge on any atom is 0.313 e. The first-order chi connectivity index (χ1) is 11.5. The van der Waals surface area contributed by atoms with Crippen molar-refractivity contribution in [3.8, 4) is 0 Å². The van der Waals surface area contributed by atoms with E-state index in [1.54, 1.807) is 24.4 Å². The summed E-state index contributed by atoms with van der Waals surface area (Å²) in [6.45, 7) is 2.02. The third kappa shape index (κ3) is 3.57. The van der Waals surface area contributed by atoms with Gasteiger partial charge in [-0.3, -0.25) is 14.6 Å². The molecule has 0 saturated carbocycles. The third-order valence-corrected chi connectivity index (χ3v) is 4.56. The van der Waals surface area contributed by atoms with E-state index in [9.17, 15) is 14.0 Å². The summed E-state index contributed by atoms with van der Waals surface area (Å²) in [5.74, 6) is -1.79. The molecule has 3 rings (SSSR count). The second-order valence-corrected chi connectivity index (χ2v) is 6.39. The van der Waals surface area contributed by atoms with Crippen LogP contribution in [0.4, 0.5) is 10.1 Å². The van der Waals surface area contributed by atoms with Crippen LogP contribution in [-0.2, 0) is 16.1 Å². The van der Waals surface area contributed by atoms with E-state index in [4.69, 9.17) is 0 Å². The summed E-state index contributed by atoms with van der Waals surface area (Å²) in [6, 6.07) is 8.06. The molecule has 0 saturated heterocycles. The molecule has 7 heteroatoms. The fourth-order valence-electron chi connectivity index (χ4n) is 2.18. The van der Waals surface area contributed by atoms with Crippen molar-refractivity contribution in [2.75, 3.05) is 5.32 Å². The minimum Gasteiger partial charge on any atom is -0.343 e. The number of carbonyl (C=O) groups is 2. The lowest BCUT2D eigenvalue weighted by Crippen LogP contribution is -2.34. The van der Waals surface area contributed by atoms with E-state index in [-0.39, 0.29) is 12.4 Å². The molecule has 0 aliphatic rings. The van der Waals surface area contributed by atoms with Gasteiger partial charge >= 0.3 is 11.8 Å². The van der Waals surface area contributed by atoms with E-state index in [1.165, 1.54) is 29.7 Å². The summed E-state index contributed by atoms with van der Waals surface area (Å²) < 4.78 is 14.1. The van der Waals surface area contributed by atoms with Crippen molar-refractivity contribution in [3.05, 3.63) is 59.0 Å². The SMILES string of the molecule is Cc1ccncc1NC(=O)C(=O)NCc1cc2cc(F)ccc2s1. The molecule has 2 N–H and O–H groups in total. The molecule has 2 aromatic heterocycles. The van der Waals surface area contributed by atoms with Crippen LogP contribution in [0.25, 0.3) is 10.1 Å². The zero-order valence-electron chi connectivity index (χ0n) is 12.8. The van der Waals surface area contributed by atoms with Crippen molar-refractivity contribution < 1.29 is 14.0 Å². The molecule has 2 heterocycles. The first kappa shape index (κ1) is 16.1. The number of rotatable bonds is 3. The highest BCUT2D eigenvalue weighted by atomic mass is 32.1. The van der Waals surface area contributed by atoms with Crippen LogP contribution in [0, 0.1) is 12.7 Å². The van der Waals surface area contributed by atoms with Gasteiger partial charge in [-0.15, -0.1) is 11.3 Å². The summed E-state index contributed by atoms with van der Waals surface area (Å²) in [6.07, 6.45) is 3.09. The molecule has 0 unspecified atom stereocenters. The highest BCUT2D eigenvalue weighted by Gasteiger charge is 2.15. The van der Waals surface area contributed by atoms with Gasteiger partial charge in [-0.25, -0.2) is 4.39 Å². The Morgan fingerprint density at radius 3 is 2.83 bits per heavy atom. The van der Waals surface area contributed by atoms with Crippen molar-refractivity contribution in [2.24, 2.45) is 0 Å². The van der Waals surface area contributed by atoms with Crippen molar-refractivity contribution >= 4 is 38.9 Å². The second kappa shape index (κ2) is 6.76. The number of amides is 2. The molecule has 5 nitrogen and oxygen atoms in total. The first-order valence-corrected chi connectivity index (χ1v) is 8.02. The molecule has 0 spiro atoms. The Morgan fingerprint density at radius 1 is 1.21 bits per heavy atom. The van der Waals surface area contributed by atoms with E-state index in [0.29, 0.717) is 5.69 Å². The van der Waals surface area contributed by atoms with Gasteiger partial charge in [0.15, 0.2) is 0 Å². The van der Waals surface area contributed by atoms with E-state index in [1.807, 2.05) is 6.92 Å². The zero-order chi connectivity index (χ0) is 17.1. The van der Waals surface area contributed by atoms with Crippen molar-refractivity contribution in [1.29, 1.82) is 0 Å². The second-order valence-electron chi connectivity index (χ2n) is 5.22. The Bertz CT molecular complexity index is 923. The molecule has 0 radical (unpaired) electrons. The van der Waals surface area contributed by atoms with Crippen LogP contribution in [-0.4, -0.2) is 16.8 Å². The lowest BCUT2D eigenvalue weighted by molar-refractivity contribution is -0.136. The maximum absolute atomic E-state index is 13.2. The predicted octanol–water partition coefficient (Wildman–Crippen LogP) is 3.00. The summed E-state index contributed by atoms with van der Waals surface area (Å²) in [4.78, 5) is 28.6. The first-order valence-electron chi connectivity index (χ1n) is 7.21. The molecule has 0 aliphatic carbocycles. The number of anilines is 1. The Balaban J connectivity index is 1.61.